The molecule has 1 N–H and O–H groups in total. The molecule has 0 aliphatic carbocycles. The largest absolute Gasteiger partial charge is 0.338 e. The standard InChI is InChI=1S/C21H25N5O.2ClH/c1-14-19-17(21(27)26-10-9-15(13-26)12-22-2)11-18(16-7-5-4-6-8-16)23-20(19)25(3)24-14;;/h4-8,11,15,22H,9-10,12-13H2,1-3H3;2*1H. The van der Waals surface area contributed by atoms with Crippen LogP contribution in [-0.4, -0.2) is 52.3 Å². The molecule has 1 unspecified atom stereocenters. The van der Waals surface area contributed by atoms with Gasteiger partial charge in [-0.25, -0.2) is 4.98 Å². The van der Waals surface area contributed by atoms with E-state index in [2.05, 4.69) is 10.4 Å². The van der Waals surface area contributed by atoms with E-state index >= 15 is 0 Å². The molecule has 1 aliphatic heterocycles. The van der Waals surface area contributed by atoms with Gasteiger partial charge in [-0.05, 0) is 38.9 Å². The number of benzene rings is 1. The van der Waals surface area contributed by atoms with Gasteiger partial charge in [0.05, 0.1) is 22.3 Å². The molecule has 4 rings (SSSR count). The first-order chi connectivity index (χ1) is 13.1. The SMILES string of the molecule is CNCC1CCN(C(=O)c2cc(-c3ccccc3)nc3c2c(C)nn3C)C1.Cl.Cl. The van der Waals surface area contributed by atoms with Gasteiger partial charge in [-0.15, -0.1) is 24.8 Å². The monoisotopic (exact) mass is 435 g/mol. The highest BCUT2D eigenvalue weighted by Crippen LogP contribution is 2.29. The van der Waals surface area contributed by atoms with Crippen LogP contribution in [-0.2, 0) is 7.05 Å². The van der Waals surface area contributed by atoms with Gasteiger partial charge in [-0.1, -0.05) is 30.3 Å². The van der Waals surface area contributed by atoms with Gasteiger partial charge in [0.2, 0.25) is 0 Å². The van der Waals surface area contributed by atoms with Gasteiger partial charge in [0.15, 0.2) is 5.65 Å². The van der Waals surface area contributed by atoms with Crippen molar-refractivity contribution in [2.75, 3.05) is 26.7 Å². The Hall–Kier alpha value is -2.15. The van der Waals surface area contributed by atoms with Gasteiger partial charge >= 0.3 is 0 Å². The first-order valence-corrected chi connectivity index (χ1v) is 9.42. The van der Waals surface area contributed by atoms with Crippen LogP contribution in [0.5, 0.6) is 0 Å². The summed E-state index contributed by atoms with van der Waals surface area (Å²) in [6.07, 6.45) is 1.04. The second kappa shape index (κ2) is 9.57. The van der Waals surface area contributed by atoms with Crippen LogP contribution in [0.4, 0.5) is 0 Å². The lowest BCUT2D eigenvalue weighted by molar-refractivity contribution is 0.0789. The fourth-order valence-corrected chi connectivity index (χ4v) is 4.01. The Morgan fingerprint density at radius 2 is 1.97 bits per heavy atom. The van der Waals surface area contributed by atoms with Crippen molar-refractivity contribution in [3.05, 3.63) is 47.7 Å². The molecule has 156 valence electrons. The van der Waals surface area contributed by atoms with Crippen LogP contribution in [0.15, 0.2) is 36.4 Å². The Kier molecular flexibility index (Phi) is 7.63. The third-order valence-corrected chi connectivity index (χ3v) is 5.33. The molecular formula is C21H27Cl2N5O. The fraction of sp³-hybridized carbons (Fsp3) is 0.381. The third-order valence-electron chi connectivity index (χ3n) is 5.33. The van der Waals surface area contributed by atoms with Crippen molar-refractivity contribution in [1.29, 1.82) is 0 Å². The zero-order chi connectivity index (χ0) is 19.0. The maximum atomic E-state index is 13.4. The Bertz CT molecular complexity index is 990. The second-order valence-electron chi connectivity index (χ2n) is 7.29. The molecule has 3 aromatic rings. The first kappa shape index (κ1) is 23.1. The quantitative estimate of drug-likeness (QED) is 0.681. The summed E-state index contributed by atoms with van der Waals surface area (Å²) in [5.74, 6) is 0.592. The van der Waals surface area contributed by atoms with Crippen LogP contribution in [0.2, 0.25) is 0 Å². The number of halogens is 2. The van der Waals surface area contributed by atoms with Crippen LogP contribution >= 0.6 is 24.8 Å². The summed E-state index contributed by atoms with van der Waals surface area (Å²) >= 11 is 0. The lowest BCUT2D eigenvalue weighted by Crippen LogP contribution is -2.30. The molecule has 0 bridgehead atoms. The average molecular weight is 436 g/mol. The van der Waals surface area contributed by atoms with Crippen molar-refractivity contribution in [2.24, 2.45) is 13.0 Å². The number of hydrogen-bond acceptors (Lipinski definition) is 4. The van der Waals surface area contributed by atoms with Crippen LogP contribution in [0.3, 0.4) is 0 Å². The van der Waals surface area contributed by atoms with E-state index in [-0.39, 0.29) is 30.7 Å². The molecule has 1 atom stereocenters. The molecular weight excluding hydrogens is 409 g/mol. The highest BCUT2D eigenvalue weighted by Gasteiger charge is 2.29. The van der Waals surface area contributed by atoms with Gasteiger partial charge in [-0.3, -0.25) is 9.48 Å². The number of aromatic nitrogens is 3. The molecule has 29 heavy (non-hydrogen) atoms. The number of amides is 1. The van der Waals surface area contributed by atoms with E-state index in [1.807, 2.05) is 62.3 Å². The third kappa shape index (κ3) is 4.39. The molecule has 1 aliphatic rings. The number of nitrogens with zero attached hydrogens (tertiary/aromatic N) is 4. The summed E-state index contributed by atoms with van der Waals surface area (Å²) in [7, 11) is 3.84. The van der Waals surface area contributed by atoms with E-state index in [1.54, 1.807) is 4.68 Å². The van der Waals surface area contributed by atoms with E-state index in [4.69, 9.17) is 4.98 Å². The molecule has 6 nitrogen and oxygen atoms in total. The maximum absolute atomic E-state index is 13.4. The van der Waals surface area contributed by atoms with Crippen LogP contribution < -0.4 is 5.32 Å². The number of nitrogens with one attached hydrogen (secondary N) is 1. The Labute approximate surface area is 183 Å². The van der Waals surface area contributed by atoms with Crippen LogP contribution in [0.1, 0.15) is 22.5 Å². The predicted molar refractivity (Wildman–Crippen MR) is 121 cm³/mol. The number of likely N-dealkylation sites (tertiary alicyclic amines) is 1. The van der Waals surface area contributed by atoms with Gasteiger partial charge in [0.25, 0.3) is 5.91 Å². The van der Waals surface area contributed by atoms with Crippen molar-refractivity contribution in [3.63, 3.8) is 0 Å². The van der Waals surface area contributed by atoms with Crippen molar-refractivity contribution in [3.8, 4) is 11.3 Å². The topological polar surface area (TPSA) is 63.1 Å². The average Bonchev–Trinajstić information content (AvgIpc) is 3.26. The number of rotatable bonds is 4. The number of aryl methyl sites for hydroxylation is 2. The van der Waals surface area contributed by atoms with Gasteiger partial charge < -0.3 is 10.2 Å². The smallest absolute Gasteiger partial charge is 0.254 e. The van der Waals surface area contributed by atoms with Gasteiger partial charge in [0.1, 0.15) is 0 Å². The van der Waals surface area contributed by atoms with Crippen LogP contribution in [0, 0.1) is 12.8 Å². The summed E-state index contributed by atoms with van der Waals surface area (Å²) in [6, 6.07) is 11.9. The number of fused-ring (bicyclic) bond motifs is 1. The maximum Gasteiger partial charge on any atom is 0.254 e. The number of carbonyl (C=O) groups is 1. The van der Waals surface area contributed by atoms with E-state index in [1.165, 1.54) is 0 Å². The number of pyridine rings is 1. The zero-order valence-electron chi connectivity index (χ0n) is 16.9. The molecule has 1 aromatic carbocycles. The lowest BCUT2D eigenvalue weighted by Gasteiger charge is -2.18. The van der Waals surface area contributed by atoms with Crippen molar-refractivity contribution < 1.29 is 4.79 Å². The summed E-state index contributed by atoms with van der Waals surface area (Å²) in [5.41, 5.74) is 4.11. The molecule has 0 saturated carbocycles. The molecule has 0 radical (unpaired) electrons. The molecule has 0 spiro atoms. The molecule has 1 amide bonds. The molecule has 2 aromatic heterocycles. The minimum Gasteiger partial charge on any atom is -0.338 e. The fourth-order valence-electron chi connectivity index (χ4n) is 4.01. The predicted octanol–water partition coefficient (Wildman–Crippen LogP) is 3.47. The molecule has 1 saturated heterocycles. The minimum atomic E-state index is 0. The summed E-state index contributed by atoms with van der Waals surface area (Å²) in [5, 5.41) is 8.59. The Morgan fingerprint density at radius 1 is 1.24 bits per heavy atom. The van der Waals surface area contributed by atoms with Gasteiger partial charge in [-0.2, -0.15) is 5.10 Å². The summed E-state index contributed by atoms with van der Waals surface area (Å²) in [4.78, 5) is 20.2. The minimum absolute atomic E-state index is 0. The molecule has 3 heterocycles. The Morgan fingerprint density at radius 3 is 2.66 bits per heavy atom. The number of carbonyl (C=O) groups excluding carboxylic acids is 1. The first-order valence-electron chi connectivity index (χ1n) is 9.42. The van der Waals surface area contributed by atoms with Crippen molar-refractivity contribution >= 4 is 41.8 Å². The van der Waals surface area contributed by atoms with Crippen molar-refractivity contribution in [1.82, 2.24) is 25.0 Å². The van der Waals surface area contributed by atoms with E-state index in [9.17, 15) is 4.79 Å². The van der Waals surface area contributed by atoms with E-state index < -0.39 is 0 Å². The normalized spacial score (nSPS) is 15.8. The van der Waals surface area contributed by atoms with Crippen molar-refractivity contribution in [2.45, 2.75) is 13.3 Å². The zero-order valence-corrected chi connectivity index (χ0v) is 18.5. The van der Waals surface area contributed by atoms with E-state index in [0.29, 0.717) is 11.5 Å². The summed E-state index contributed by atoms with van der Waals surface area (Å²) in [6.45, 7) is 4.48. The van der Waals surface area contributed by atoms with E-state index in [0.717, 1.165) is 54.0 Å². The second-order valence-corrected chi connectivity index (χ2v) is 7.29. The van der Waals surface area contributed by atoms with Crippen LogP contribution in [0.25, 0.3) is 22.3 Å². The molecule has 8 heteroatoms. The number of hydrogen-bond donors (Lipinski definition) is 1. The lowest BCUT2D eigenvalue weighted by atomic mass is 10.0. The van der Waals surface area contributed by atoms with Gasteiger partial charge in [0, 0.05) is 25.7 Å². The Balaban J connectivity index is 0.00000150. The highest BCUT2D eigenvalue weighted by atomic mass is 35.5. The summed E-state index contributed by atoms with van der Waals surface area (Å²) < 4.78 is 1.77. The molecule has 1 fully saturated rings. The highest BCUT2D eigenvalue weighted by molar-refractivity contribution is 6.07.